The molecule has 8 nitrogen and oxygen atoms in total. The van der Waals surface area contributed by atoms with Crippen molar-refractivity contribution in [2.75, 3.05) is 26.6 Å². The van der Waals surface area contributed by atoms with Crippen molar-refractivity contribution in [1.82, 2.24) is 9.55 Å². The van der Waals surface area contributed by atoms with Gasteiger partial charge in [-0.25, -0.2) is 4.98 Å². The number of rotatable bonds is 8. The van der Waals surface area contributed by atoms with E-state index in [0.29, 0.717) is 45.4 Å². The van der Waals surface area contributed by atoms with Crippen molar-refractivity contribution in [1.29, 1.82) is 0 Å². The first-order chi connectivity index (χ1) is 19.0. The lowest BCUT2D eigenvalue weighted by atomic mass is 9.99. The van der Waals surface area contributed by atoms with Gasteiger partial charge in [-0.05, 0) is 43.3 Å². The number of fused-ring (bicyclic) bond motifs is 1. The fraction of sp³-hybridized carbons (Fsp3) is 0.129. The van der Waals surface area contributed by atoms with E-state index in [1.165, 1.54) is 21.3 Å². The zero-order valence-corrected chi connectivity index (χ0v) is 22.0. The average molecular weight is 522 g/mol. The van der Waals surface area contributed by atoms with E-state index >= 15 is 0 Å². The normalized spacial score (nSPS) is 10.8. The lowest BCUT2D eigenvalue weighted by Gasteiger charge is -2.15. The lowest BCUT2D eigenvalue weighted by Crippen LogP contribution is -2.16. The molecule has 1 N–H and O–H groups in total. The quantitative estimate of drug-likeness (QED) is 0.258. The van der Waals surface area contributed by atoms with Crippen LogP contribution in [0.15, 0.2) is 84.9 Å². The maximum absolute atomic E-state index is 13.9. The number of ketones is 1. The summed E-state index contributed by atoms with van der Waals surface area (Å²) in [5, 5.41) is 2.92. The highest BCUT2D eigenvalue weighted by Crippen LogP contribution is 2.39. The SMILES string of the molecule is COc1cc(C(=O)Nc2ccc3c(nc(C)n3-c3ccccc3)c2C(=O)c2ccccc2)cc(OC)c1OC. The molecule has 196 valence electrons. The number of hydrogen-bond acceptors (Lipinski definition) is 6. The van der Waals surface area contributed by atoms with E-state index in [2.05, 4.69) is 5.32 Å². The number of hydrogen-bond donors (Lipinski definition) is 1. The lowest BCUT2D eigenvalue weighted by molar-refractivity contribution is 0.102. The van der Waals surface area contributed by atoms with Gasteiger partial charge in [0.15, 0.2) is 17.3 Å². The topological polar surface area (TPSA) is 91.7 Å². The van der Waals surface area contributed by atoms with Gasteiger partial charge in [0.2, 0.25) is 5.75 Å². The molecule has 0 spiro atoms. The third kappa shape index (κ3) is 4.68. The fourth-order valence-electron chi connectivity index (χ4n) is 4.64. The van der Waals surface area contributed by atoms with Gasteiger partial charge in [-0.1, -0.05) is 48.5 Å². The Morgan fingerprint density at radius 2 is 1.38 bits per heavy atom. The second kappa shape index (κ2) is 10.7. The van der Waals surface area contributed by atoms with Crippen LogP contribution < -0.4 is 19.5 Å². The minimum Gasteiger partial charge on any atom is -0.493 e. The molecule has 0 unspecified atom stereocenters. The number of para-hydroxylation sites is 1. The van der Waals surface area contributed by atoms with E-state index in [4.69, 9.17) is 19.2 Å². The summed E-state index contributed by atoms with van der Waals surface area (Å²) in [4.78, 5) is 32.2. The molecular weight excluding hydrogens is 494 g/mol. The first kappa shape index (κ1) is 25.5. The summed E-state index contributed by atoms with van der Waals surface area (Å²) in [5.41, 5.74) is 3.57. The van der Waals surface area contributed by atoms with Gasteiger partial charge < -0.3 is 19.5 Å². The maximum atomic E-state index is 13.9. The highest BCUT2D eigenvalue weighted by molar-refractivity contribution is 6.21. The number of carbonyl (C=O) groups is 2. The van der Waals surface area contributed by atoms with E-state index in [-0.39, 0.29) is 11.3 Å². The summed E-state index contributed by atoms with van der Waals surface area (Å²) in [5.74, 6) is 1.07. The minimum absolute atomic E-state index is 0.251. The number of amides is 1. The molecule has 1 heterocycles. The summed E-state index contributed by atoms with van der Waals surface area (Å²) < 4.78 is 18.2. The average Bonchev–Trinajstić information content (AvgIpc) is 3.32. The third-order valence-corrected chi connectivity index (χ3v) is 6.45. The largest absolute Gasteiger partial charge is 0.493 e. The molecule has 8 heteroatoms. The number of aromatic nitrogens is 2. The molecule has 0 radical (unpaired) electrons. The summed E-state index contributed by atoms with van der Waals surface area (Å²) in [6, 6.07) is 25.4. The highest BCUT2D eigenvalue weighted by Gasteiger charge is 2.24. The number of benzene rings is 4. The Kier molecular flexibility index (Phi) is 7.01. The van der Waals surface area contributed by atoms with Crippen molar-refractivity contribution in [3.8, 4) is 22.9 Å². The van der Waals surface area contributed by atoms with Crippen LogP contribution in [-0.4, -0.2) is 42.6 Å². The molecule has 0 saturated heterocycles. The van der Waals surface area contributed by atoms with Crippen LogP contribution in [0.3, 0.4) is 0 Å². The van der Waals surface area contributed by atoms with E-state index in [1.54, 1.807) is 42.5 Å². The predicted molar refractivity (Wildman–Crippen MR) is 150 cm³/mol. The molecule has 1 amide bonds. The van der Waals surface area contributed by atoms with Crippen LogP contribution in [0.25, 0.3) is 16.7 Å². The first-order valence-corrected chi connectivity index (χ1v) is 12.3. The Morgan fingerprint density at radius 3 is 1.97 bits per heavy atom. The van der Waals surface area contributed by atoms with Crippen molar-refractivity contribution >= 4 is 28.4 Å². The van der Waals surface area contributed by atoms with Crippen molar-refractivity contribution < 1.29 is 23.8 Å². The van der Waals surface area contributed by atoms with Crippen LogP contribution >= 0.6 is 0 Å². The fourth-order valence-corrected chi connectivity index (χ4v) is 4.64. The van der Waals surface area contributed by atoms with Crippen molar-refractivity contribution in [3.05, 3.63) is 107 Å². The molecular formula is C31H27N3O5. The molecule has 5 rings (SSSR count). The van der Waals surface area contributed by atoms with Gasteiger partial charge >= 0.3 is 0 Å². The third-order valence-electron chi connectivity index (χ3n) is 6.45. The van der Waals surface area contributed by atoms with Crippen molar-refractivity contribution in [2.45, 2.75) is 6.92 Å². The van der Waals surface area contributed by atoms with E-state index < -0.39 is 5.91 Å². The summed E-state index contributed by atoms with van der Waals surface area (Å²) in [6.45, 7) is 1.89. The second-order valence-corrected chi connectivity index (χ2v) is 8.75. The molecule has 4 aromatic carbocycles. The number of methoxy groups -OCH3 is 3. The van der Waals surface area contributed by atoms with Crippen molar-refractivity contribution in [2.24, 2.45) is 0 Å². The Bertz CT molecular complexity index is 1650. The molecule has 0 aliphatic carbocycles. The van der Waals surface area contributed by atoms with Crippen LogP contribution in [0.2, 0.25) is 0 Å². The Labute approximate surface area is 225 Å². The van der Waals surface area contributed by atoms with Gasteiger partial charge in [-0.3, -0.25) is 14.2 Å². The summed E-state index contributed by atoms with van der Waals surface area (Å²) >= 11 is 0. The molecule has 0 aliphatic rings. The van der Waals surface area contributed by atoms with Crippen LogP contribution in [0.1, 0.15) is 32.1 Å². The van der Waals surface area contributed by atoms with Crippen molar-refractivity contribution in [3.63, 3.8) is 0 Å². The molecule has 1 aromatic heterocycles. The predicted octanol–water partition coefficient (Wildman–Crippen LogP) is 5.84. The van der Waals surface area contributed by atoms with Crippen LogP contribution in [0.4, 0.5) is 5.69 Å². The van der Waals surface area contributed by atoms with Gasteiger partial charge in [0.05, 0.1) is 38.1 Å². The molecule has 0 saturated carbocycles. The number of anilines is 1. The number of aryl methyl sites for hydroxylation is 1. The van der Waals surface area contributed by atoms with E-state index in [9.17, 15) is 9.59 Å². The number of nitrogens with one attached hydrogen (secondary N) is 1. The minimum atomic E-state index is -0.449. The molecule has 39 heavy (non-hydrogen) atoms. The van der Waals surface area contributed by atoms with Gasteiger partial charge in [0, 0.05) is 16.8 Å². The van der Waals surface area contributed by atoms with Gasteiger partial charge in [-0.2, -0.15) is 0 Å². The number of ether oxygens (including phenoxy) is 3. The van der Waals surface area contributed by atoms with E-state index in [1.807, 2.05) is 54.0 Å². The first-order valence-electron chi connectivity index (χ1n) is 12.3. The van der Waals surface area contributed by atoms with Gasteiger partial charge in [0.1, 0.15) is 11.3 Å². The Balaban J connectivity index is 1.66. The van der Waals surface area contributed by atoms with Crippen LogP contribution in [0, 0.1) is 6.92 Å². The second-order valence-electron chi connectivity index (χ2n) is 8.75. The zero-order chi connectivity index (χ0) is 27.5. The summed E-state index contributed by atoms with van der Waals surface area (Å²) in [6.07, 6.45) is 0. The smallest absolute Gasteiger partial charge is 0.255 e. The number of carbonyl (C=O) groups excluding carboxylic acids is 2. The Morgan fingerprint density at radius 1 is 0.769 bits per heavy atom. The van der Waals surface area contributed by atoms with Gasteiger partial charge in [0.25, 0.3) is 5.91 Å². The standard InChI is InChI=1S/C31H27N3O5/c1-19-32-28-24(34(19)22-13-9-6-10-14-22)16-15-23(27(28)29(35)20-11-7-5-8-12-20)33-31(36)21-17-25(37-2)30(39-4)26(18-21)38-3/h5-18H,1-4H3,(H,33,36). The molecule has 0 atom stereocenters. The Hall–Kier alpha value is -5.11. The monoisotopic (exact) mass is 521 g/mol. The van der Waals surface area contributed by atoms with Crippen LogP contribution in [0.5, 0.6) is 17.2 Å². The zero-order valence-electron chi connectivity index (χ0n) is 22.0. The molecule has 0 aliphatic heterocycles. The number of imidazole rings is 1. The highest BCUT2D eigenvalue weighted by atomic mass is 16.5. The van der Waals surface area contributed by atoms with E-state index in [0.717, 1.165) is 11.2 Å². The van der Waals surface area contributed by atoms with Gasteiger partial charge in [-0.15, -0.1) is 0 Å². The maximum Gasteiger partial charge on any atom is 0.255 e. The molecule has 0 bridgehead atoms. The molecule has 0 fully saturated rings. The number of nitrogens with zero attached hydrogens (tertiary/aromatic N) is 2. The molecule has 5 aromatic rings. The van der Waals surface area contributed by atoms with Crippen LogP contribution in [-0.2, 0) is 0 Å². The summed E-state index contributed by atoms with van der Waals surface area (Å²) in [7, 11) is 4.46.